The Morgan fingerprint density at radius 3 is 1.14 bits per heavy atom. The van der Waals surface area contributed by atoms with Gasteiger partial charge in [0.05, 0.1) is 25.4 Å². The summed E-state index contributed by atoms with van der Waals surface area (Å²) in [6.07, 6.45) is 83.8. The standard InChI is InChI=1S/C72H121NO8/c1-3-5-7-9-11-13-15-17-19-21-23-25-26-27-28-29-30-31-32-33-34-35-36-37-38-39-40-42-44-46-48-50-52-54-56-58-60-62-68(76)73-65(64-80-72-71(79)70(78)69(77)67(63-74)81-72)66(75)61-59-57-55-53-51-49-47-45-43-41-24-22-20-18-16-14-12-10-8-6-4-2/h5,7,11,13,17,19,23,25,27-28,30-31,33-34,36-37,39-40,44,46,59,61,65-67,69-72,74-75,77-79H,3-4,6,8-10,12,14-16,18,20-22,24,26,29,32,35,38,41-43,45,47-58,60,62-64H2,1-2H3,(H,73,76)/b7-5-,13-11-,19-17-,25-23-,28-27-,31-30-,34-33-,37-36-,40-39-,46-44-,61-59+. The molecule has 1 fully saturated rings. The lowest BCUT2D eigenvalue weighted by molar-refractivity contribution is -0.302. The molecule has 0 spiro atoms. The molecule has 7 unspecified atom stereocenters. The van der Waals surface area contributed by atoms with Crippen molar-refractivity contribution in [3.05, 3.63) is 134 Å². The number of rotatable bonds is 55. The largest absolute Gasteiger partial charge is 0.394 e. The van der Waals surface area contributed by atoms with Crippen molar-refractivity contribution in [2.45, 2.75) is 301 Å². The van der Waals surface area contributed by atoms with Crippen molar-refractivity contribution in [1.82, 2.24) is 5.32 Å². The topological polar surface area (TPSA) is 149 Å². The van der Waals surface area contributed by atoms with Gasteiger partial charge >= 0.3 is 0 Å². The zero-order valence-electron chi connectivity index (χ0n) is 51.5. The Kier molecular flexibility index (Phi) is 55.3. The van der Waals surface area contributed by atoms with Gasteiger partial charge in [0.25, 0.3) is 0 Å². The summed E-state index contributed by atoms with van der Waals surface area (Å²) in [7, 11) is 0. The second-order valence-corrected chi connectivity index (χ2v) is 22.2. The summed E-state index contributed by atoms with van der Waals surface area (Å²) in [5.74, 6) is -0.195. The molecular weight excluding hydrogens is 1010 g/mol. The van der Waals surface area contributed by atoms with E-state index in [1.54, 1.807) is 6.08 Å². The summed E-state index contributed by atoms with van der Waals surface area (Å²) in [5, 5.41) is 54.7. The fourth-order valence-electron chi connectivity index (χ4n) is 9.60. The highest BCUT2D eigenvalue weighted by Gasteiger charge is 2.44. The van der Waals surface area contributed by atoms with Crippen LogP contribution in [0.1, 0.15) is 258 Å². The first-order chi connectivity index (χ1) is 39.8. The molecule has 1 aliphatic rings. The molecule has 1 aliphatic heterocycles. The van der Waals surface area contributed by atoms with Crippen molar-refractivity contribution in [1.29, 1.82) is 0 Å². The molecule has 0 aromatic rings. The third kappa shape index (κ3) is 48.4. The van der Waals surface area contributed by atoms with Gasteiger partial charge in [0.1, 0.15) is 24.4 Å². The third-order valence-corrected chi connectivity index (χ3v) is 14.7. The number of nitrogens with one attached hydrogen (secondary N) is 1. The number of carbonyl (C=O) groups excluding carboxylic acids is 1. The van der Waals surface area contributed by atoms with E-state index in [9.17, 15) is 30.3 Å². The molecule has 1 amide bonds. The van der Waals surface area contributed by atoms with E-state index in [4.69, 9.17) is 9.47 Å². The average Bonchev–Trinajstić information content (AvgIpc) is 3.49. The van der Waals surface area contributed by atoms with Gasteiger partial charge < -0.3 is 40.3 Å². The second-order valence-electron chi connectivity index (χ2n) is 22.2. The van der Waals surface area contributed by atoms with Crippen LogP contribution < -0.4 is 5.32 Å². The molecule has 0 aliphatic carbocycles. The van der Waals surface area contributed by atoms with Crippen LogP contribution >= 0.6 is 0 Å². The predicted octanol–water partition coefficient (Wildman–Crippen LogP) is 17.6. The number of aliphatic hydroxyl groups is 5. The quantitative estimate of drug-likeness (QED) is 0.0261. The summed E-state index contributed by atoms with van der Waals surface area (Å²) in [6.45, 7) is 3.67. The minimum absolute atomic E-state index is 0.195. The number of allylic oxidation sites excluding steroid dienone is 21. The summed E-state index contributed by atoms with van der Waals surface area (Å²) in [5.41, 5.74) is 0. The van der Waals surface area contributed by atoms with Gasteiger partial charge in [0, 0.05) is 6.42 Å². The van der Waals surface area contributed by atoms with E-state index in [0.29, 0.717) is 6.42 Å². The summed E-state index contributed by atoms with van der Waals surface area (Å²) in [6, 6.07) is -0.824. The Morgan fingerprint density at radius 2 is 0.765 bits per heavy atom. The number of amides is 1. The Hall–Kier alpha value is -3.67. The van der Waals surface area contributed by atoms with Gasteiger partial charge in [-0.05, 0) is 96.3 Å². The van der Waals surface area contributed by atoms with Crippen LogP contribution in [0.2, 0.25) is 0 Å². The summed E-state index contributed by atoms with van der Waals surface area (Å²) < 4.78 is 11.3. The molecule has 9 nitrogen and oxygen atoms in total. The zero-order valence-corrected chi connectivity index (χ0v) is 51.5. The Bertz CT molecular complexity index is 1740. The molecule has 0 radical (unpaired) electrons. The minimum atomic E-state index is -1.58. The molecular formula is C72H121NO8. The molecule has 0 aromatic heterocycles. The maximum absolute atomic E-state index is 13.1. The lowest BCUT2D eigenvalue weighted by atomic mass is 9.99. The van der Waals surface area contributed by atoms with Crippen LogP contribution in [0.5, 0.6) is 0 Å². The van der Waals surface area contributed by atoms with Gasteiger partial charge in [-0.25, -0.2) is 0 Å². The number of ether oxygens (including phenoxy) is 2. The van der Waals surface area contributed by atoms with Crippen molar-refractivity contribution in [3.8, 4) is 0 Å². The van der Waals surface area contributed by atoms with Gasteiger partial charge in [-0.1, -0.05) is 289 Å². The maximum atomic E-state index is 13.1. The fraction of sp³-hybridized carbons (Fsp3) is 0.681. The molecule has 7 atom stereocenters. The molecule has 0 aromatic carbocycles. The van der Waals surface area contributed by atoms with Crippen LogP contribution in [0.3, 0.4) is 0 Å². The maximum Gasteiger partial charge on any atom is 0.220 e. The lowest BCUT2D eigenvalue weighted by Gasteiger charge is -2.40. The fourth-order valence-corrected chi connectivity index (χ4v) is 9.60. The lowest BCUT2D eigenvalue weighted by Crippen LogP contribution is -2.60. The smallest absolute Gasteiger partial charge is 0.220 e. The predicted molar refractivity (Wildman–Crippen MR) is 345 cm³/mol. The van der Waals surface area contributed by atoms with E-state index in [1.807, 2.05) is 6.08 Å². The number of hydrogen-bond donors (Lipinski definition) is 6. The molecule has 1 rings (SSSR count). The second kappa shape index (κ2) is 59.5. The molecule has 9 heteroatoms. The summed E-state index contributed by atoms with van der Waals surface area (Å²) in [4.78, 5) is 13.1. The van der Waals surface area contributed by atoms with Crippen LogP contribution in [-0.2, 0) is 14.3 Å². The van der Waals surface area contributed by atoms with Crippen LogP contribution in [0, 0.1) is 0 Å². The Morgan fingerprint density at radius 1 is 0.432 bits per heavy atom. The van der Waals surface area contributed by atoms with E-state index >= 15 is 0 Å². The minimum Gasteiger partial charge on any atom is -0.394 e. The highest BCUT2D eigenvalue weighted by molar-refractivity contribution is 5.76. The van der Waals surface area contributed by atoms with Gasteiger partial charge in [-0.3, -0.25) is 4.79 Å². The first-order valence-electron chi connectivity index (χ1n) is 32.9. The monoisotopic (exact) mass is 1130 g/mol. The van der Waals surface area contributed by atoms with Gasteiger partial charge in [-0.15, -0.1) is 0 Å². The van der Waals surface area contributed by atoms with Gasteiger partial charge in [0.15, 0.2) is 6.29 Å². The van der Waals surface area contributed by atoms with Crippen LogP contribution in [0.25, 0.3) is 0 Å². The normalized spacial score (nSPS) is 19.3. The molecule has 462 valence electrons. The third-order valence-electron chi connectivity index (χ3n) is 14.7. The Balaban J connectivity index is 2.20. The van der Waals surface area contributed by atoms with E-state index in [2.05, 4.69) is 141 Å². The van der Waals surface area contributed by atoms with E-state index < -0.39 is 49.5 Å². The first kappa shape index (κ1) is 75.3. The van der Waals surface area contributed by atoms with E-state index in [1.165, 1.54) is 109 Å². The first-order valence-corrected chi connectivity index (χ1v) is 32.9. The number of hydrogen-bond acceptors (Lipinski definition) is 8. The van der Waals surface area contributed by atoms with Crippen molar-refractivity contribution in [2.75, 3.05) is 13.2 Å². The average molecular weight is 1130 g/mol. The van der Waals surface area contributed by atoms with Crippen LogP contribution in [-0.4, -0.2) is 87.5 Å². The Labute approximate surface area is 496 Å². The van der Waals surface area contributed by atoms with E-state index in [0.717, 1.165) is 128 Å². The van der Waals surface area contributed by atoms with Gasteiger partial charge in [-0.2, -0.15) is 0 Å². The van der Waals surface area contributed by atoms with Crippen LogP contribution in [0.4, 0.5) is 0 Å². The number of unbranched alkanes of at least 4 members (excludes halogenated alkanes) is 25. The number of aliphatic hydroxyl groups excluding tert-OH is 5. The molecule has 1 saturated heterocycles. The van der Waals surface area contributed by atoms with Gasteiger partial charge in [0.2, 0.25) is 5.91 Å². The molecule has 81 heavy (non-hydrogen) atoms. The molecule has 6 N–H and O–H groups in total. The van der Waals surface area contributed by atoms with E-state index in [-0.39, 0.29) is 12.5 Å². The molecule has 0 bridgehead atoms. The SMILES string of the molecule is CC/C=C\C/C=C\C/C=C\C/C=C\C/C=C\C/C=C\C/C=C\C/C=C\C/C=C\C/C=C\CCCCCCCCC(=O)NC(COC1OC(CO)C(O)C(O)C1O)C(O)/C=C/CCCCCCCCCCCCCCCCCCCCC. The number of carbonyl (C=O) groups is 1. The highest BCUT2D eigenvalue weighted by Crippen LogP contribution is 2.23. The zero-order chi connectivity index (χ0) is 58.6. The van der Waals surface area contributed by atoms with Crippen molar-refractivity contribution >= 4 is 5.91 Å². The van der Waals surface area contributed by atoms with Crippen LogP contribution in [0.15, 0.2) is 134 Å². The highest BCUT2D eigenvalue weighted by atomic mass is 16.7. The summed E-state index contributed by atoms with van der Waals surface area (Å²) >= 11 is 0. The molecule has 1 heterocycles. The molecule has 0 saturated carbocycles. The van der Waals surface area contributed by atoms with Crippen molar-refractivity contribution in [3.63, 3.8) is 0 Å². The van der Waals surface area contributed by atoms with Crippen molar-refractivity contribution < 1.29 is 39.8 Å². The van der Waals surface area contributed by atoms with Crippen molar-refractivity contribution in [2.24, 2.45) is 0 Å².